The van der Waals surface area contributed by atoms with E-state index in [0.29, 0.717) is 15.8 Å². The third-order valence-corrected chi connectivity index (χ3v) is 5.00. The van der Waals surface area contributed by atoms with Crippen LogP contribution in [-0.4, -0.2) is 38.5 Å². The van der Waals surface area contributed by atoms with Crippen molar-refractivity contribution in [3.63, 3.8) is 0 Å². The molecule has 5 rings (SSSR count). The van der Waals surface area contributed by atoms with Gasteiger partial charge in [0.05, 0.1) is 7.11 Å². The summed E-state index contributed by atoms with van der Waals surface area (Å²) in [5, 5.41) is 11.7. The van der Waals surface area contributed by atoms with E-state index < -0.39 is 18.5 Å². The molecule has 0 atom stereocenters. The minimum Gasteiger partial charge on any atom is -0.493 e. The molecule has 0 radical (unpaired) electrons. The van der Waals surface area contributed by atoms with Crippen LogP contribution in [0.2, 0.25) is 0 Å². The Morgan fingerprint density at radius 1 is 1.06 bits per heavy atom. The minimum absolute atomic E-state index is 0.00400. The Kier molecular flexibility index (Phi) is 4.91. The maximum Gasteiger partial charge on any atom is 0.433 e. The molecule has 1 aromatic carbocycles. The Balaban J connectivity index is 1.52. The normalized spacial score (nSPS) is 14.3. The van der Waals surface area contributed by atoms with Crippen LogP contribution < -0.4 is 9.47 Å². The quantitative estimate of drug-likeness (QED) is 0.371. The topological polar surface area (TPSA) is 87.6 Å². The van der Waals surface area contributed by atoms with E-state index in [1.807, 2.05) is 0 Å². The number of rotatable bonds is 6. The van der Waals surface area contributed by atoms with E-state index in [0.717, 1.165) is 18.9 Å². The van der Waals surface area contributed by atoms with Crippen LogP contribution in [0, 0.1) is 0 Å². The van der Waals surface area contributed by atoms with Crippen molar-refractivity contribution in [2.24, 2.45) is 0 Å². The van der Waals surface area contributed by atoms with E-state index >= 15 is 0 Å². The van der Waals surface area contributed by atoms with Gasteiger partial charge in [0.15, 0.2) is 22.8 Å². The van der Waals surface area contributed by atoms with Gasteiger partial charge in [0.2, 0.25) is 5.89 Å². The van der Waals surface area contributed by atoms with Gasteiger partial charge in [0, 0.05) is 23.2 Å². The van der Waals surface area contributed by atoms with E-state index in [1.165, 1.54) is 31.4 Å². The van der Waals surface area contributed by atoms with Gasteiger partial charge in [-0.05, 0) is 37.1 Å². The Bertz CT molecular complexity index is 1330. The van der Waals surface area contributed by atoms with Gasteiger partial charge < -0.3 is 13.9 Å². The highest BCUT2D eigenvalue weighted by atomic mass is 19.4. The highest BCUT2D eigenvalue weighted by Gasteiger charge is 2.37. The Labute approximate surface area is 182 Å². The summed E-state index contributed by atoms with van der Waals surface area (Å²) in [5.74, 6) is -0.327. The number of methoxy groups -OCH3 is 1. The van der Waals surface area contributed by atoms with Crippen LogP contribution in [0.3, 0.4) is 0 Å². The predicted octanol–water partition coefficient (Wildman–Crippen LogP) is 4.95. The molecule has 0 spiro atoms. The number of alkyl halides is 5. The van der Waals surface area contributed by atoms with Crippen LogP contribution >= 0.6 is 0 Å². The summed E-state index contributed by atoms with van der Waals surface area (Å²) in [7, 11) is 1.27. The highest BCUT2D eigenvalue weighted by molar-refractivity contribution is 5.62. The van der Waals surface area contributed by atoms with E-state index in [4.69, 9.17) is 9.15 Å². The van der Waals surface area contributed by atoms with Crippen LogP contribution in [0.4, 0.5) is 22.0 Å². The number of aromatic nitrogens is 5. The summed E-state index contributed by atoms with van der Waals surface area (Å²) in [6.45, 7) is -3.04. The van der Waals surface area contributed by atoms with E-state index in [-0.39, 0.29) is 40.5 Å². The molecule has 1 fully saturated rings. The predicted molar refractivity (Wildman–Crippen MR) is 102 cm³/mol. The van der Waals surface area contributed by atoms with Gasteiger partial charge in [-0.25, -0.2) is 9.50 Å². The molecule has 0 unspecified atom stereocenters. The number of fused-ring (bicyclic) bond motifs is 1. The van der Waals surface area contributed by atoms with Gasteiger partial charge in [-0.3, -0.25) is 0 Å². The molecule has 1 saturated carbocycles. The molecule has 0 aliphatic heterocycles. The van der Waals surface area contributed by atoms with Gasteiger partial charge in [0.1, 0.15) is 5.69 Å². The molecule has 33 heavy (non-hydrogen) atoms. The van der Waals surface area contributed by atoms with Crippen molar-refractivity contribution in [1.29, 1.82) is 0 Å². The van der Waals surface area contributed by atoms with E-state index in [9.17, 15) is 22.0 Å². The third kappa shape index (κ3) is 4.05. The smallest absolute Gasteiger partial charge is 0.433 e. The van der Waals surface area contributed by atoms with Crippen molar-refractivity contribution in [3.8, 4) is 34.5 Å². The molecule has 3 heterocycles. The first kappa shape index (κ1) is 21.1. The number of hydrogen-bond donors (Lipinski definition) is 0. The van der Waals surface area contributed by atoms with E-state index in [1.54, 1.807) is 0 Å². The van der Waals surface area contributed by atoms with Gasteiger partial charge >= 0.3 is 12.8 Å². The largest absolute Gasteiger partial charge is 0.493 e. The molecule has 3 aromatic heterocycles. The van der Waals surface area contributed by atoms with Crippen molar-refractivity contribution in [2.75, 3.05) is 7.11 Å². The maximum absolute atomic E-state index is 13.6. The Morgan fingerprint density at radius 3 is 2.48 bits per heavy atom. The van der Waals surface area contributed by atoms with Crippen molar-refractivity contribution in [3.05, 3.63) is 41.7 Å². The lowest BCUT2D eigenvalue weighted by Gasteiger charge is -2.10. The summed E-state index contributed by atoms with van der Waals surface area (Å²) < 4.78 is 81.5. The monoisotopic (exact) mass is 467 g/mol. The highest BCUT2D eigenvalue weighted by Crippen LogP contribution is 2.41. The molecule has 0 N–H and O–H groups in total. The number of hydrogen-bond acceptors (Lipinski definition) is 7. The molecule has 0 bridgehead atoms. The van der Waals surface area contributed by atoms with Crippen molar-refractivity contribution >= 4 is 5.65 Å². The fourth-order valence-electron chi connectivity index (χ4n) is 3.33. The second kappa shape index (κ2) is 7.67. The van der Waals surface area contributed by atoms with Crippen molar-refractivity contribution < 1.29 is 35.8 Å². The van der Waals surface area contributed by atoms with Gasteiger partial charge in [-0.1, -0.05) is 0 Å². The molecule has 172 valence electrons. The summed E-state index contributed by atoms with van der Waals surface area (Å²) >= 11 is 0. The second-order valence-corrected chi connectivity index (χ2v) is 7.29. The Hall–Kier alpha value is -3.77. The van der Waals surface area contributed by atoms with Gasteiger partial charge in [-0.2, -0.15) is 27.1 Å². The third-order valence-electron chi connectivity index (χ3n) is 5.00. The summed E-state index contributed by atoms with van der Waals surface area (Å²) in [5.41, 5.74) is -0.243. The Morgan fingerprint density at radius 2 is 1.82 bits per heavy atom. The lowest BCUT2D eigenvalue weighted by molar-refractivity contribution is -0.142. The fourth-order valence-corrected chi connectivity index (χ4v) is 3.33. The summed E-state index contributed by atoms with van der Waals surface area (Å²) in [4.78, 5) is 4.30. The SMILES string of the molecule is COc1cc(-c2nnc(-c3cc4nc(C5CC5)cc(C(F)(F)F)n4n3)o2)ccc1OC(F)F. The summed E-state index contributed by atoms with van der Waals surface area (Å²) in [6.07, 6.45) is -3.05. The molecule has 1 aliphatic carbocycles. The molecule has 0 saturated heterocycles. The zero-order chi connectivity index (χ0) is 23.3. The zero-order valence-corrected chi connectivity index (χ0v) is 16.8. The average Bonchev–Trinajstić information content (AvgIpc) is 3.33. The molecular formula is C20H14F5N5O3. The number of ether oxygens (including phenoxy) is 2. The maximum atomic E-state index is 13.6. The number of nitrogens with zero attached hydrogens (tertiary/aromatic N) is 5. The first-order valence-electron chi connectivity index (χ1n) is 9.68. The molecule has 1 aliphatic rings. The molecule has 8 nitrogen and oxygen atoms in total. The standard InChI is InChI=1S/C20H14F5N5O3/c1-31-14-6-10(4-5-13(14)32-19(21)22)17-27-28-18(33-17)12-8-16-26-11(9-2-3-9)7-15(20(23,24)25)30(16)29-12/h4-9,19H,2-3H2,1H3. The minimum atomic E-state index is -4.63. The molecular weight excluding hydrogens is 453 g/mol. The fraction of sp³-hybridized carbons (Fsp3) is 0.300. The lowest BCUT2D eigenvalue weighted by Crippen LogP contribution is -2.14. The van der Waals surface area contributed by atoms with Crippen LogP contribution in [-0.2, 0) is 6.18 Å². The summed E-state index contributed by atoms with van der Waals surface area (Å²) in [6, 6.07) is 6.33. The second-order valence-electron chi connectivity index (χ2n) is 7.29. The van der Waals surface area contributed by atoms with Gasteiger partial charge in [0.25, 0.3) is 5.89 Å². The van der Waals surface area contributed by atoms with Crippen molar-refractivity contribution in [2.45, 2.75) is 31.5 Å². The van der Waals surface area contributed by atoms with Crippen LogP contribution in [0.25, 0.3) is 28.7 Å². The molecule has 13 heteroatoms. The molecule has 4 aromatic rings. The van der Waals surface area contributed by atoms with Crippen molar-refractivity contribution in [1.82, 2.24) is 24.8 Å². The number of halogens is 5. The van der Waals surface area contributed by atoms with Gasteiger partial charge in [-0.15, -0.1) is 10.2 Å². The van der Waals surface area contributed by atoms with Crippen LogP contribution in [0.1, 0.15) is 30.1 Å². The first-order chi connectivity index (χ1) is 15.7. The average molecular weight is 467 g/mol. The van der Waals surface area contributed by atoms with Crippen LogP contribution in [0.5, 0.6) is 11.5 Å². The zero-order valence-electron chi connectivity index (χ0n) is 16.8. The van der Waals surface area contributed by atoms with Crippen LogP contribution in [0.15, 0.2) is 34.7 Å². The lowest BCUT2D eigenvalue weighted by atomic mass is 10.2. The number of benzene rings is 1. The van der Waals surface area contributed by atoms with E-state index in [2.05, 4.69) is 25.0 Å². The molecule has 0 amide bonds. The first-order valence-corrected chi connectivity index (χ1v) is 9.68.